The molecule has 4 rings (SSSR count). The fourth-order valence-corrected chi connectivity index (χ4v) is 5.52. The van der Waals surface area contributed by atoms with Gasteiger partial charge in [-0.3, -0.25) is 9.59 Å². The number of carbonyl (C=O) groups is 2. The predicted molar refractivity (Wildman–Crippen MR) is 81.2 cm³/mol. The highest BCUT2D eigenvalue weighted by atomic mass is 16.5. The lowest BCUT2D eigenvalue weighted by Gasteiger charge is -2.54. The minimum absolute atomic E-state index is 0.0506. The Kier molecular flexibility index (Phi) is 4.19. The minimum atomic E-state index is -0.912. The maximum Gasteiger partial charge on any atom is 0.305 e. The van der Waals surface area contributed by atoms with E-state index >= 15 is 0 Å². The van der Waals surface area contributed by atoms with Crippen LogP contribution in [0.2, 0.25) is 0 Å². The van der Waals surface area contributed by atoms with Gasteiger partial charge >= 0.3 is 5.97 Å². The quantitative estimate of drug-likeness (QED) is 0.787. The number of carbonyl (C=O) groups excluding carboxylic acids is 1. The number of ether oxygens (including phenoxy) is 1. The van der Waals surface area contributed by atoms with Crippen LogP contribution in [0.25, 0.3) is 0 Å². The van der Waals surface area contributed by atoms with Crippen molar-refractivity contribution in [3.63, 3.8) is 0 Å². The number of hydrogen-bond acceptors (Lipinski definition) is 3. The van der Waals surface area contributed by atoms with Crippen molar-refractivity contribution in [1.82, 2.24) is 5.32 Å². The molecule has 1 unspecified atom stereocenters. The molecule has 4 aliphatic rings. The predicted octanol–water partition coefficient (Wildman–Crippen LogP) is 2.05. The van der Waals surface area contributed by atoms with Crippen molar-refractivity contribution in [2.24, 2.45) is 29.6 Å². The summed E-state index contributed by atoms with van der Waals surface area (Å²) >= 11 is 0. The van der Waals surface area contributed by atoms with Crippen molar-refractivity contribution in [1.29, 1.82) is 0 Å². The molecular weight excluding hydrogens is 282 g/mol. The van der Waals surface area contributed by atoms with Crippen molar-refractivity contribution in [3.8, 4) is 0 Å². The summed E-state index contributed by atoms with van der Waals surface area (Å²) in [6.45, 7) is 1.98. The van der Waals surface area contributed by atoms with Gasteiger partial charge in [0, 0.05) is 13.0 Å². The molecule has 22 heavy (non-hydrogen) atoms. The Morgan fingerprint density at radius 2 is 1.68 bits per heavy atom. The SMILES string of the molecule is COCC(C)(CC(=O)O)NC(=O)C1C2CC3CC(C2)CC1C3. The van der Waals surface area contributed by atoms with E-state index in [2.05, 4.69) is 5.32 Å². The molecule has 4 saturated carbocycles. The molecule has 0 radical (unpaired) electrons. The zero-order valence-electron chi connectivity index (χ0n) is 13.5. The van der Waals surface area contributed by atoms with Gasteiger partial charge in [-0.15, -0.1) is 0 Å². The zero-order valence-corrected chi connectivity index (χ0v) is 13.5. The van der Waals surface area contributed by atoms with E-state index in [1.807, 2.05) is 0 Å². The summed E-state index contributed by atoms with van der Waals surface area (Å²) in [6, 6.07) is 0. The van der Waals surface area contributed by atoms with Gasteiger partial charge in [0.15, 0.2) is 0 Å². The molecule has 2 N–H and O–H groups in total. The maximum atomic E-state index is 12.8. The van der Waals surface area contributed by atoms with Crippen LogP contribution in [0.4, 0.5) is 0 Å². The fourth-order valence-electron chi connectivity index (χ4n) is 5.52. The van der Waals surface area contributed by atoms with Gasteiger partial charge in [0.1, 0.15) is 0 Å². The molecule has 4 fully saturated rings. The van der Waals surface area contributed by atoms with Gasteiger partial charge in [-0.1, -0.05) is 0 Å². The zero-order chi connectivity index (χ0) is 15.9. The first kappa shape index (κ1) is 15.8. The molecule has 4 bridgehead atoms. The highest BCUT2D eigenvalue weighted by molar-refractivity contribution is 5.81. The largest absolute Gasteiger partial charge is 0.481 e. The van der Waals surface area contributed by atoms with Crippen LogP contribution in [0, 0.1) is 29.6 Å². The number of carboxylic acid groups (broad SMARTS) is 1. The number of rotatable bonds is 6. The molecule has 5 nitrogen and oxygen atoms in total. The second-order valence-corrected chi connectivity index (χ2v) is 8.01. The van der Waals surface area contributed by atoms with Crippen molar-refractivity contribution < 1.29 is 19.4 Å². The monoisotopic (exact) mass is 309 g/mol. The first-order valence-corrected chi connectivity index (χ1v) is 8.43. The highest BCUT2D eigenvalue weighted by Crippen LogP contribution is 2.56. The molecule has 0 aliphatic heterocycles. The van der Waals surface area contributed by atoms with E-state index in [1.54, 1.807) is 6.92 Å². The van der Waals surface area contributed by atoms with E-state index in [0.717, 1.165) is 11.8 Å². The van der Waals surface area contributed by atoms with Crippen LogP contribution in [-0.2, 0) is 14.3 Å². The van der Waals surface area contributed by atoms with Gasteiger partial charge in [0.2, 0.25) is 5.91 Å². The Morgan fingerprint density at radius 1 is 1.14 bits per heavy atom. The Bertz CT molecular complexity index is 436. The topological polar surface area (TPSA) is 75.6 Å². The van der Waals surface area contributed by atoms with Crippen molar-refractivity contribution in [2.75, 3.05) is 13.7 Å². The average Bonchev–Trinajstić information content (AvgIpc) is 2.35. The Labute approximate surface area is 131 Å². The molecule has 0 heterocycles. The summed E-state index contributed by atoms with van der Waals surface area (Å²) in [5.74, 6) is 1.89. The van der Waals surface area contributed by atoms with E-state index < -0.39 is 11.5 Å². The van der Waals surface area contributed by atoms with Crippen LogP contribution in [0.15, 0.2) is 0 Å². The van der Waals surface area contributed by atoms with Crippen LogP contribution in [0.3, 0.4) is 0 Å². The second kappa shape index (κ2) is 5.84. The second-order valence-electron chi connectivity index (χ2n) is 8.01. The first-order valence-electron chi connectivity index (χ1n) is 8.43. The third-order valence-corrected chi connectivity index (χ3v) is 5.96. The van der Waals surface area contributed by atoms with Gasteiger partial charge in [-0.25, -0.2) is 0 Å². The summed E-state index contributed by atoms with van der Waals surface area (Å²) in [7, 11) is 1.54. The summed E-state index contributed by atoms with van der Waals surface area (Å²) < 4.78 is 5.14. The van der Waals surface area contributed by atoms with E-state index in [1.165, 1.54) is 39.2 Å². The van der Waals surface area contributed by atoms with Crippen molar-refractivity contribution >= 4 is 11.9 Å². The van der Waals surface area contributed by atoms with Gasteiger partial charge in [-0.2, -0.15) is 0 Å². The van der Waals surface area contributed by atoms with E-state index in [9.17, 15) is 9.59 Å². The summed E-state index contributed by atoms with van der Waals surface area (Å²) in [5, 5.41) is 12.1. The van der Waals surface area contributed by atoms with Crippen LogP contribution in [0.1, 0.15) is 45.4 Å². The maximum absolute atomic E-state index is 12.8. The number of nitrogens with one attached hydrogen (secondary N) is 1. The minimum Gasteiger partial charge on any atom is -0.481 e. The standard InChI is InChI=1S/C17H27NO4/c1-17(9-22-2,8-14(19)20)18-16(21)15-12-4-10-3-11(6-12)7-13(15)5-10/h10-13,15H,3-9H2,1-2H3,(H,18,21)(H,19,20). The van der Waals surface area contributed by atoms with Crippen LogP contribution < -0.4 is 5.32 Å². The van der Waals surface area contributed by atoms with E-state index in [-0.39, 0.29) is 24.9 Å². The van der Waals surface area contributed by atoms with Gasteiger partial charge in [-0.05, 0) is 62.7 Å². The first-order chi connectivity index (χ1) is 10.4. The Balaban J connectivity index is 1.69. The number of methoxy groups -OCH3 is 1. The fraction of sp³-hybridized carbons (Fsp3) is 0.882. The number of carboxylic acids is 1. The van der Waals surface area contributed by atoms with Crippen LogP contribution in [-0.4, -0.2) is 36.2 Å². The Hall–Kier alpha value is -1.10. The molecule has 4 aliphatic carbocycles. The lowest BCUT2D eigenvalue weighted by Crippen LogP contribution is -2.57. The van der Waals surface area contributed by atoms with E-state index in [0.29, 0.717) is 11.8 Å². The molecule has 0 spiro atoms. The summed E-state index contributed by atoms with van der Waals surface area (Å²) in [4.78, 5) is 23.9. The average molecular weight is 309 g/mol. The Morgan fingerprint density at radius 3 is 2.14 bits per heavy atom. The summed E-state index contributed by atoms with van der Waals surface area (Å²) in [6.07, 6.45) is 5.99. The third-order valence-electron chi connectivity index (χ3n) is 5.96. The van der Waals surface area contributed by atoms with E-state index in [4.69, 9.17) is 9.84 Å². The van der Waals surface area contributed by atoms with Crippen molar-refractivity contribution in [2.45, 2.75) is 51.0 Å². The van der Waals surface area contributed by atoms with Crippen LogP contribution >= 0.6 is 0 Å². The third kappa shape index (κ3) is 3.00. The van der Waals surface area contributed by atoms with Crippen molar-refractivity contribution in [3.05, 3.63) is 0 Å². The summed E-state index contributed by atoms with van der Waals surface area (Å²) in [5.41, 5.74) is -0.827. The molecule has 5 heteroatoms. The van der Waals surface area contributed by atoms with Crippen LogP contribution in [0.5, 0.6) is 0 Å². The molecule has 0 aromatic heterocycles. The number of amides is 1. The van der Waals surface area contributed by atoms with Gasteiger partial charge in [0.05, 0.1) is 18.6 Å². The molecule has 1 atom stereocenters. The molecular formula is C17H27NO4. The lowest BCUT2D eigenvalue weighted by atomic mass is 9.51. The molecule has 124 valence electrons. The van der Waals surface area contributed by atoms with Gasteiger partial charge in [0.25, 0.3) is 0 Å². The molecule has 0 aromatic carbocycles. The smallest absolute Gasteiger partial charge is 0.305 e. The molecule has 0 aromatic rings. The lowest BCUT2D eigenvalue weighted by molar-refractivity contribution is -0.143. The highest BCUT2D eigenvalue weighted by Gasteiger charge is 2.51. The molecule has 1 amide bonds. The molecule has 0 saturated heterocycles. The van der Waals surface area contributed by atoms with Gasteiger partial charge < -0.3 is 15.2 Å². The number of aliphatic carboxylic acids is 1. The number of hydrogen-bond donors (Lipinski definition) is 2. The normalized spacial score (nSPS) is 38.5.